The molecule has 1 aromatic rings. The SMILES string of the molecule is CN1CCN(c2ccc(C#N)cc2)CC1. The molecule has 15 heavy (non-hydrogen) atoms. The van der Waals surface area contributed by atoms with Gasteiger partial charge in [-0.2, -0.15) is 5.26 Å². The maximum Gasteiger partial charge on any atom is 0.0991 e. The summed E-state index contributed by atoms with van der Waals surface area (Å²) in [4.78, 5) is 4.70. The lowest BCUT2D eigenvalue weighted by molar-refractivity contribution is 0.313. The maximum absolute atomic E-state index is 8.70. The third-order valence-electron chi connectivity index (χ3n) is 2.86. The first-order chi connectivity index (χ1) is 7.29. The third-order valence-corrected chi connectivity index (χ3v) is 2.86. The van der Waals surface area contributed by atoms with Gasteiger partial charge in [-0.3, -0.25) is 0 Å². The number of anilines is 1. The third kappa shape index (κ3) is 2.28. The number of likely N-dealkylation sites (N-methyl/N-ethyl adjacent to an activating group) is 1. The average Bonchev–Trinajstić information content (AvgIpc) is 2.30. The van der Waals surface area contributed by atoms with Gasteiger partial charge in [-0.25, -0.2) is 0 Å². The molecule has 0 radical (unpaired) electrons. The molecule has 0 unspecified atom stereocenters. The predicted molar refractivity (Wildman–Crippen MR) is 60.9 cm³/mol. The van der Waals surface area contributed by atoms with Crippen LogP contribution in [0.1, 0.15) is 5.56 Å². The summed E-state index contributed by atoms with van der Waals surface area (Å²) in [5, 5.41) is 8.70. The van der Waals surface area contributed by atoms with Crippen molar-refractivity contribution in [3.63, 3.8) is 0 Å². The van der Waals surface area contributed by atoms with Gasteiger partial charge in [-0.05, 0) is 31.3 Å². The highest BCUT2D eigenvalue weighted by atomic mass is 15.2. The van der Waals surface area contributed by atoms with Crippen molar-refractivity contribution in [3.8, 4) is 6.07 Å². The van der Waals surface area contributed by atoms with Crippen LogP contribution >= 0.6 is 0 Å². The molecule has 0 aromatic heterocycles. The van der Waals surface area contributed by atoms with E-state index in [2.05, 4.69) is 22.9 Å². The van der Waals surface area contributed by atoms with Gasteiger partial charge in [0.05, 0.1) is 11.6 Å². The molecular formula is C12H15N3. The van der Waals surface area contributed by atoms with E-state index in [9.17, 15) is 0 Å². The van der Waals surface area contributed by atoms with Crippen LogP contribution in [-0.2, 0) is 0 Å². The second-order valence-electron chi connectivity index (χ2n) is 3.95. The Morgan fingerprint density at radius 3 is 2.20 bits per heavy atom. The van der Waals surface area contributed by atoms with E-state index in [0.717, 1.165) is 31.7 Å². The van der Waals surface area contributed by atoms with Crippen LogP contribution in [0.15, 0.2) is 24.3 Å². The smallest absolute Gasteiger partial charge is 0.0991 e. The Bertz CT molecular complexity index is 355. The molecule has 0 saturated carbocycles. The van der Waals surface area contributed by atoms with Crippen molar-refractivity contribution in [2.75, 3.05) is 38.1 Å². The maximum atomic E-state index is 8.70. The molecule has 0 spiro atoms. The lowest BCUT2D eigenvalue weighted by atomic mass is 10.2. The van der Waals surface area contributed by atoms with Crippen molar-refractivity contribution >= 4 is 5.69 Å². The van der Waals surface area contributed by atoms with Crippen LogP contribution < -0.4 is 4.90 Å². The number of piperazine rings is 1. The minimum Gasteiger partial charge on any atom is -0.369 e. The average molecular weight is 201 g/mol. The topological polar surface area (TPSA) is 30.3 Å². The van der Waals surface area contributed by atoms with Gasteiger partial charge in [0.1, 0.15) is 0 Å². The number of nitrogens with zero attached hydrogens (tertiary/aromatic N) is 3. The Labute approximate surface area is 90.5 Å². The first-order valence-electron chi connectivity index (χ1n) is 5.23. The lowest BCUT2D eigenvalue weighted by Gasteiger charge is -2.34. The minimum atomic E-state index is 0.730. The van der Waals surface area contributed by atoms with E-state index < -0.39 is 0 Å². The molecule has 1 aromatic carbocycles. The van der Waals surface area contributed by atoms with E-state index in [1.807, 2.05) is 24.3 Å². The van der Waals surface area contributed by atoms with Gasteiger partial charge in [0.15, 0.2) is 0 Å². The summed E-state index contributed by atoms with van der Waals surface area (Å²) in [5.41, 5.74) is 1.95. The van der Waals surface area contributed by atoms with Gasteiger partial charge in [-0.1, -0.05) is 0 Å². The summed E-state index contributed by atoms with van der Waals surface area (Å²) < 4.78 is 0. The van der Waals surface area contributed by atoms with Crippen LogP contribution in [0, 0.1) is 11.3 Å². The highest BCUT2D eigenvalue weighted by molar-refractivity contribution is 5.50. The summed E-state index contributed by atoms with van der Waals surface area (Å²) in [6, 6.07) is 9.97. The van der Waals surface area contributed by atoms with Crippen LogP contribution in [-0.4, -0.2) is 38.1 Å². The zero-order valence-corrected chi connectivity index (χ0v) is 8.98. The molecule has 3 heteroatoms. The number of benzene rings is 1. The van der Waals surface area contributed by atoms with Crippen LogP contribution in [0.5, 0.6) is 0 Å². The predicted octanol–water partition coefficient (Wildman–Crippen LogP) is 1.31. The van der Waals surface area contributed by atoms with Gasteiger partial charge in [0.2, 0.25) is 0 Å². The van der Waals surface area contributed by atoms with Gasteiger partial charge >= 0.3 is 0 Å². The molecule has 1 aliphatic rings. The van der Waals surface area contributed by atoms with Crippen molar-refractivity contribution in [1.82, 2.24) is 4.90 Å². The number of hydrogen-bond donors (Lipinski definition) is 0. The molecule has 0 N–H and O–H groups in total. The fourth-order valence-corrected chi connectivity index (χ4v) is 1.81. The summed E-state index contributed by atoms with van der Waals surface area (Å²) >= 11 is 0. The molecule has 1 aliphatic heterocycles. The number of nitriles is 1. The normalized spacial score (nSPS) is 17.5. The van der Waals surface area contributed by atoms with Gasteiger partial charge in [-0.15, -0.1) is 0 Å². The van der Waals surface area contributed by atoms with Gasteiger partial charge < -0.3 is 9.80 Å². The van der Waals surface area contributed by atoms with Crippen molar-refractivity contribution in [3.05, 3.63) is 29.8 Å². The largest absolute Gasteiger partial charge is 0.369 e. The quantitative estimate of drug-likeness (QED) is 0.686. The summed E-state index contributed by atoms with van der Waals surface area (Å²) in [7, 11) is 2.15. The van der Waals surface area contributed by atoms with E-state index in [4.69, 9.17) is 5.26 Å². The Hall–Kier alpha value is -1.53. The molecule has 2 rings (SSSR count). The molecule has 3 nitrogen and oxygen atoms in total. The fraction of sp³-hybridized carbons (Fsp3) is 0.417. The first kappa shape index (κ1) is 10.0. The van der Waals surface area contributed by atoms with Crippen LogP contribution in [0.3, 0.4) is 0 Å². The molecular weight excluding hydrogens is 186 g/mol. The number of rotatable bonds is 1. The van der Waals surface area contributed by atoms with E-state index in [1.54, 1.807) is 0 Å². The summed E-state index contributed by atoms with van der Waals surface area (Å²) in [6.07, 6.45) is 0. The van der Waals surface area contributed by atoms with E-state index in [1.165, 1.54) is 5.69 Å². The van der Waals surface area contributed by atoms with E-state index in [0.29, 0.717) is 0 Å². The number of hydrogen-bond acceptors (Lipinski definition) is 3. The molecule has 1 heterocycles. The summed E-state index contributed by atoms with van der Waals surface area (Å²) in [5.74, 6) is 0. The van der Waals surface area contributed by atoms with E-state index >= 15 is 0 Å². The minimum absolute atomic E-state index is 0.730. The highest BCUT2D eigenvalue weighted by Gasteiger charge is 2.13. The molecule has 0 amide bonds. The Morgan fingerprint density at radius 1 is 1.07 bits per heavy atom. The molecule has 0 atom stereocenters. The monoisotopic (exact) mass is 201 g/mol. The van der Waals surface area contributed by atoms with Crippen molar-refractivity contribution < 1.29 is 0 Å². The molecule has 0 bridgehead atoms. The highest BCUT2D eigenvalue weighted by Crippen LogP contribution is 2.16. The van der Waals surface area contributed by atoms with Gasteiger partial charge in [0.25, 0.3) is 0 Å². The molecule has 1 saturated heterocycles. The molecule has 1 fully saturated rings. The zero-order valence-electron chi connectivity index (χ0n) is 8.98. The standard InChI is InChI=1S/C12H15N3/c1-14-6-8-15(9-7-14)12-4-2-11(10-13)3-5-12/h2-5H,6-9H2,1H3. The molecule has 0 aliphatic carbocycles. The van der Waals surface area contributed by atoms with Gasteiger partial charge in [0, 0.05) is 31.9 Å². The lowest BCUT2D eigenvalue weighted by Crippen LogP contribution is -2.44. The zero-order chi connectivity index (χ0) is 10.7. The fourth-order valence-electron chi connectivity index (χ4n) is 1.81. The van der Waals surface area contributed by atoms with Crippen molar-refractivity contribution in [2.45, 2.75) is 0 Å². The second kappa shape index (κ2) is 4.33. The van der Waals surface area contributed by atoms with Crippen molar-refractivity contribution in [1.29, 1.82) is 5.26 Å². The second-order valence-corrected chi connectivity index (χ2v) is 3.95. The van der Waals surface area contributed by atoms with Crippen LogP contribution in [0.25, 0.3) is 0 Å². The van der Waals surface area contributed by atoms with E-state index in [-0.39, 0.29) is 0 Å². The summed E-state index contributed by atoms with van der Waals surface area (Å²) in [6.45, 7) is 4.37. The van der Waals surface area contributed by atoms with Crippen molar-refractivity contribution in [2.24, 2.45) is 0 Å². The van der Waals surface area contributed by atoms with Crippen LogP contribution in [0.4, 0.5) is 5.69 Å². The Morgan fingerprint density at radius 2 is 1.67 bits per heavy atom. The Balaban J connectivity index is 2.07. The molecule has 78 valence electrons. The first-order valence-corrected chi connectivity index (χ1v) is 5.23. The van der Waals surface area contributed by atoms with Crippen LogP contribution in [0.2, 0.25) is 0 Å². The Kier molecular flexibility index (Phi) is 2.89.